The third kappa shape index (κ3) is 3.68. The second-order valence-corrected chi connectivity index (χ2v) is 6.59. The van der Waals surface area contributed by atoms with E-state index in [4.69, 9.17) is 26.7 Å². The van der Waals surface area contributed by atoms with E-state index < -0.39 is 5.97 Å². The molecule has 2 aromatic carbocycles. The Morgan fingerprint density at radius 2 is 1.86 bits per heavy atom. The quantitative estimate of drug-likeness (QED) is 0.234. The molecule has 0 saturated carbocycles. The molecule has 0 aliphatic rings. The summed E-state index contributed by atoms with van der Waals surface area (Å²) in [6.07, 6.45) is 0. The number of hydrogen-bond donors (Lipinski definition) is 1. The number of rotatable bonds is 4. The maximum absolute atomic E-state index is 12.6. The van der Waals surface area contributed by atoms with Gasteiger partial charge in [-0.25, -0.2) is 9.78 Å². The lowest BCUT2D eigenvalue weighted by Gasteiger charge is -2.04. The third-order valence-electron chi connectivity index (χ3n) is 4.28. The number of halogens is 1. The molecule has 0 radical (unpaired) electrons. The first-order valence-electron chi connectivity index (χ1n) is 8.66. The minimum atomic E-state index is -0.762. The monoisotopic (exact) mass is 406 g/mol. The van der Waals surface area contributed by atoms with Crippen LogP contribution in [0.5, 0.6) is 0 Å². The fourth-order valence-electron chi connectivity index (χ4n) is 2.84. The second kappa shape index (κ2) is 7.73. The van der Waals surface area contributed by atoms with Gasteiger partial charge < -0.3 is 15.1 Å². The highest BCUT2D eigenvalue weighted by Gasteiger charge is 2.24. The van der Waals surface area contributed by atoms with E-state index in [9.17, 15) is 4.79 Å². The van der Waals surface area contributed by atoms with Crippen molar-refractivity contribution in [2.45, 2.75) is 6.92 Å². The number of hydrogen-bond acceptors (Lipinski definition) is 6. The summed E-state index contributed by atoms with van der Waals surface area (Å²) < 4.78 is 5.16. The van der Waals surface area contributed by atoms with Gasteiger partial charge in [0.25, 0.3) is 0 Å². The van der Waals surface area contributed by atoms with Crippen molar-refractivity contribution in [1.82, 2.24) is 10.1 Å². The molecule has 0 aliphatic heterocycles. The number of carbonyl (C=O) groups excluding carboxylic acids is 1. The Labute approximate surface area is 170 Å². The smallest absolute Gasteiger partial charge is 0.371 e. The van der Waals surface area contributed by atoms with Gasteiger partial charge in [-0.05, 0) is 25.1 Å². The van der Waals surface area contributed by atoms with Crippen LogP contribution in [0.15, 0.2) is 70.3 Å². The van der Waals surface area contributed by atoms with Gasteiger partial charge in [0.2, 0.25) is 0 Å². The summed E-state index contributed by atoms with van der Waals surface area (Å²) in [5.74, 6) is -0.512. The SMILES string of the molecule is Cc1onc(-c2ccccc2Cl)c1C(=O)O/N=C(\N)c1ccc2ccccc2n1. The molecule has 8 heteroatoms. The standard InChI is InChI=1S/C21H15ClN4O3/c1-12-18(19(25-28-12)14-7-3-4-8-15(14)22)21(27)29-26-20(23)17-11-10-13-6-2-5-9-16(13)24-17/h2-11H,1H3,(H2,23,26). The van der Waals surface area contributed by atoms with E-state index in [0.29, 0.717) is 16.3 Å². The number of para-hydroxylation sites is 1. The molecule has 7 nitrogen and oxygen atoms in total. The Kier molecular flexibility index (Phi) is 4.97. The van der Waals surface area contributed by atoms with E-state index >= 15 is 0 Å². The number of carbonyl (C=O) groups is 1. The first kappa shape index (κ1) is 18.6. The highest BCUT2D eigenvalue weighted by Crippen LogP contribution is 2.31. The highest BCUT2D eigenvalue weighted by molar-refractivity contribution is 6.33. The topological polar surface area (TPSA) is 104 Å². The summed E-state index contributed by atoms with van der Waals surface area (Å²) in [6.45, 7) is 1.60. The number of pyridine rings is 1. The van der Waals surface area contributed by atoms with E-state index in [2.05, 4.69) is 15.3 Å². The van der Waals surface area contributed by atoms with Gasteiger partial charge in [-0.1, -0.05) is 64.4 Å². The van der Waals surface area contributed by atoms with Crippen LogP contribution < -0.4 is 5.73 Å². The van der Waals surface area contributed by atoms with Crippen molar-refractivity contribution in [2.24, 2.45) is 10.9 Å². The summed E-state index contributed by atoms with van der Waals surface area (Å²) in [4.78, 5) is 22.1. The average molecular weight is 407 g/mol. The lowest BCUT2D eigenvalue weighted by Crippen LogP contribution is -2.17. The normalized spacial score (nSPS) is 11.6. The molecule has 4 rings (SSSR count). The number of benzene rings is 2. The van der Waals surface area contributed by atoms with Crippen molar-refractivity contribution in [1.29, 1.82) is 0 Å². The lowest BCUT2D eigenvalue weighted by atomic mass is 10.1. The summed E-state index contributed by atoms with van der Waals surface area (Å²) >= 11 is 6.21. The predicted octanol–water partition coefficient (Wildman–Crippen LogP) is 4.33. The molecule has 0 bridgehead atoms. The van der Waals surface area contributed by atoms with Crippen molar-refractivity contribution in [3.05, 3.63) is 82.7 Å². The van der Waals surface area contributed by atoms with E-state index in [1.165, 1.54) is 0 Å². The van der Waals surface area contributed by atoms with E-state index in [1.807, 2.05) is 30.3 Å². The molecular formula is C21H15ClN4O3. The molecule has 0 spiro atoms. The summed E-state index contributed by atoms with van der Waals surface area (Å²) in [6, 6.07) is 18.1. The van der Waals surface area contributed by atoms with Crippen molar-refractivity contribution >= 4 is 34.3 Å². The zero-order valence-corrected chi connectivity index (χ0v) is 16.1. The molecule has 0 saturated heterocycles. The molecule has 2 heterocycles. The van der Waals surface area contributed by atoms with Gasteiger partial charge in [-0.15, -0.1) is 0 Å². The summed E-state index contributed by atoms with van der Waals surface area (Å²) in [5, 5.41) is 9.06. The lowest BCUT2D eigenvalue weighted by molar-refractivity contribution is 0.0515. The van der Waals surface area contributed by atoms with Crippen LogP contribution in [0.2, 0.25) is 5.02 Å². The number of nitrogens with two attached hydrogens (primary N) is 1. The van der Waals surface area contributed by atoms with E-state index in [1.54, 1.807) is 37.3 Å². The maximum atomic E-state index is 12.6. The van der Waals surface area contributed by atoms with Crippen LogP contribution in [0.4, 0.5) is 0 Å². The van der Waals surface area contributed by atoms with Crippen molar-refractivity contribution in [2.75, 3.05) is 0 Å². The number of oxime groups is 1. The fraction of sp³-hybridized carbons (Fsp3) is 0.0476. The van der Waals surface area contributed by atoms with Crippen molar-refractivity contribution in [3.8, 4) is 11.3 Å². The van der Waals surface area contributed by atoms with E-state index in [-0.39, 0.29) is 22.9 Å². The molecule has 0 fully saturated rings. The second-order valence-electron chi connectivity index (χ2n) is 6.19. The molecule has 0 aliphatic carbocycles. The largest absolute Gasteiger partial charge is 0.379 e. The molecule has 4 aromatic rings. The molecule has 2 N–H and O–H groups in total. The third-order valence-corrected chi connectivity index (χ3v) is 4.61. The number of fused-ring (bicyclic) bond motifs is 1. The Morgan fingerprint density at radius 3 is 2.69 bits per heavy atom. The van der Waals surface area contributed by atoms with Crippen LogP contribution >= 0.6 is 11.6 Å². The summed E-state index contributed by atoms with van der Waals surface area (Å²) in [7, 11) is 0. The molecule has 29 heavy (non-hydrogen) atoms. The van der Waals surface area contributed by atoms with Gasteiger partial charge in [0.15, 0.2) is 5.84 Å². The Morgan fingerprint density at radius 1 is 1.10 bits per heavy atom. The summed E-state index contributed by atoms with van der Waals surface area (Å²) in [5.41, 5.74) is 8.04. The first-order chi connectivity index (χ1) is 14.0. The first-order valence-corrected chi connectivity index (χ1v) is 9.04. The average Bonchev–Trinajstić information content (AvgIpc) is 3.13. The minimum Gasteiger partial charge on any atom is -0.379 e. The number of aromatic nitrogens is 2. The van der Waals surface area contributed by atoms with Crippen LogP contribution in [-0.4, -0.2) is 21.9 Å². The molecule has 0 atom stereocenters. The Hall–Kier alpha value is -3.71. The number of aryl methyl sites for hydroxylation is 1. The van der Waals surface area contributed by atoms with Gasteiger partial charge in [-0.3, -0.25) is 0 Å². The van der Waals surface area contributed by atoms with Crippen LogP contribution in [-0.2, 0) is 4.84 Å². The van der Waals surface area contributed by atoms with Gasteiger partial charge >= 0.3 is 5.97 Å². The van der Waals surface area contributed by atoms with Gasteiger partial charge in [0.05, 0.1) is 10.5 Å². The zero-order chi connectivity index (χ0) is 20.4. The van der Waals surface area contributed by atoms with Gasteiger partial charge in [0, 0.05) is 10.9 Å². The predicted molar refractivity (Wildman–Crippen MR) is 110 cm³/mol. The molecule has 0 unspecified atom stereocenters. The number of amidine groups is 1. The molecule has 2 aromatic heterocycles. The van der Waals surface area contributed by atoms with Crippen LogP contribution in [0.25, 0.3) is 22.2 Å². The molecular weight excluding hydrogens is 392 g/mol. The van der Waals surface area contributed by atoms with Crippen LogP contribution in [0.1, 0.15) is 21.8 Å². The fourth-order valence-corrected chi connectivity index (χ4v) is 3.07. The van der Waals surface area contributed by atoms with Crippen molar-refractivity contribution in [3.63, 3.8) is 0 Å². The number of nitrogens with zero attached hydrogens (tertiary/aromatic N) is 3. The zero-order valence-electron chi connectivity index (χ0n) is 15.3. The van der Waals surface area contributed by atoms with Gasteiger partial charge in [0.1, 0.15) is 22.7 Å². The molecule has 144 valence electrons. The van der Waals surface area contributed by atoms with Gasteiger partial charge in [-0.2, -0.15) is 0 Å². The minimum absolute atomic E-state index is 0.0301. The Balaban J connectivity index is 1.61. The van der Waals surface area contributed by atoms with E-state index in [0.717, 1.165) is 10.9 Å². The highest BCUT2D eigenvalue weighted by atomic mass is 35.5. The van der Waals surface area contributed by atoms with Crippen molar-refractivity contribution < 1.29 is 14.2 Å². The van der Waals surface area contributed by atoms with Crippen LogP contribution in [0, 0.1) is 6.92 Å². The maximum Gasteiger partial charge on any atom is 0.371 e. The molecule has 0 amide bonds. The Bertz CT molecular complexity index is 1250. The van der Waals surface area contributed by atoms with Crippen LogP contribution in [0.3, 0.4) is 0 Å².